The largest absolute Gasteiger partial charge is 0.497 e. The monoisotopic (exact) mass is 640 g/mol. The van der Waals surface area contributed by atoms with Crippen LogP contribution in [-0.2, 0) is 24.3 Å². The van der Waals surface area contributed by atoms with Crippen LogP contribution < -0.4 is 34.0 Å². The lowest BCUT2D eigenvalue weighted by Gasteiger charge is -2.24. The van der Waals surface area contributed by atoms with Crippen LogP contribution in [0.1, 0.15) is 18.4 Å². The van der Waals surface area contributed by atoms with E-state index in [0.29, 0.717) is 29.4 Å². The number of benzene rings is 3. The molecule has 0 aromatic heterocycles. The summed E-state index contributed by atoms with van der Waals surface area (Å²) in [5, 5.41) is 6.76. The summed E-state index contributed by atoms with van der Waals surface area (Å²) in [4.78, 5) is 24.8. The van der Waals surface area contributed by atoms with E-state index in [-0.39, 0.29) is 35.0 Å². The highest BCUT2D eigenvalue weighted by molar-refractivity contribution is 7.92. The lowest BCUT2D eigenvalue weighted by atomic mass is 10.2. The van der Waals surface area contributed by atoms with Crippen LogP contribution in [0, 0.1) is 0 Å². The average molecular weight is 641 g/mol. The molecule has 1 heterocycles. The van der Waals surface area contributed by atoms with E-state index in [2.05, 4.69) is 15.8 Å². The third kappa shape index (κ3) is 9.09. The van der Waals surface area contributed by atoms with Gasteiger partial charge in [-0.1, -0.05) is 0 Å². The van der Waals surface area contributed by atoms with Crippen LogP contribution in [0.2, 0.25) is 0 Å². The Labute approximate surface area is 262 Å². The molecule has 1 atom stereocenters. The van der Waals surface area contributed by atoms with Crippen LogP contribution in [0.15, 0.2) is 76.7 Å². The minimum atomic E-state index is -4.23. The smallest absolute Gasteiger partial charge is 0.264 e. The second-order valence-electron chi connectivity index (χ2n) is 9.82. The molecule has 0 saturated carbocycles. The fourth-order valence-electron chi connectivity index (χ4n) is 4.40. The molecule has 1 aliphatic rings. The van der Waals surface area contributed by atoms with Crippen molar-refractivity contribution < 1.29 is 41.7 Å². The lowest BCUT2D eigenvalue weighted by Crippen LogP contribution is -2.39. The van der Waals surface area contributed by atoms with Crippen molar-refractivity contribution in [1.82, 2.24) is 10.7 Å². The van der Waals surface area contributed by atoms with E-state index in [1.165, 1.54) is 57.9 Å². The zero-order valence-corrected chi connectivity index (χ0v) is 26.0. The number of rotatable bonds is 15. The van der Waals surface area contributed by atoms with Gasteiger partial charge in [-0.2, -0.15) is 5.10 Å². The molecule has 14 heteroatoms. The molecule has 0 bridgehead atoms. The SMILES string of the molecule is COc1ccc(N(CC(=O)N/N=C/c2ccc(OCC(=O)NC[C@@H]3CCCO3)cc2)S(=O)(=O)c2ccc(OC)c(OC)c2)cc1. The molecule has 3 aromatic rings. The summed E-state index contributed by atoms with van der Waals surface area (Å²) in [6.07, 6.45) is 3.39. The van der Waals surface area contributed by atoms with Crippen LogP contribution in [0.25, 0.3) is 0 Å². The number of amides is 2. The number of hydrogen-bond donors (Lipinski definition) is 2. The molecule has 0 spiro atoms. The summed E-state index contributed by atoms with van der Waals surface area (Å²) in [6, 6.07) is 17.1. The third-order valence-corrected chi connectivity index (χ3v) is 8.56. The first-order valence-corrected chi connectivity index (χ1v) is 15.5. The molecule has 2 N–H and O–H groups in total. The van der Waals surface area contributed by atoms with Gasteiger partial charge in [-0.15, -0.1) is 0 Å². The average Bonchev–Trinajstić information content (AvgIpc) is 3.59. The predicted octanol–water partition coefficient (Wildman–Crippen LogP) is 2.73. The van der Waals surface area contributed by atoms with Crippen LogP contribution in [0.3, 0.4) is 0 Å². The number of methoxy groups -OCH3 is 3. The van der Waals surface area contributed by atoms with Crippen LogP contribution in [0.5, 0.6) is 23.0 Å². The number of carbonyl (C=O) groups is 2. The van der Waals surface area contributed by atoms with E-state index < -0.39 is 22.5 Å². The van der Waals surface area contributed by atoms with E-state index in [1.54, 1.807) is 36.4 Å². The van der Waals surface area contributed by atoms with Crippen molar-refractivity contribution in [3.8, 4) is 23.0 Å². The van der Waals surface area contributed by atoms with E-state index in [0.717, 1.165) is 23.8 Å². The van der Waals surface area contributed by atoms with Crippen molar-refractivity contribution in [3.63, 3.8) is 0 Å². The molecular weight excluding hydrogens is 604 g/mol. The summed E-state index contributed by atoms with van der Waals surface area (Å²) in [7, 11) is 0.100. The Balaban J connectivity index is 1.38. The molecule has 1 aliphatic heterocycles. The van der Waals surface area contributed by atoms with Crippen LogP contribution in [0.4, 0.5) is 5.69 Å². The fourth-order valence-corrected chi connectivity index (χ4v) is 5.83. The van der Waals surface area contributed by atoms with Crippen LogP contribution in [-0.4, -0.2) is 80.2 Å². The highest BCUT2D eigenvalue weighted by Gasteiger charge is 2.28. The maximum atomic E-state index is 13.7. The Kier molecular flexibility index (Phi) is 11.6. The molecule has 0 aliphatic carbocycles. The predicted molar refractivity (Wildman–Crippen MR) is 167 cm³/mol. The first-order chi connectivity index (χ1) is 21.7. The number of ether oxygens (including phenoxy) is 5. The molecule has 2 amide bonds. The number of nitrogens with zero attached hydrogens (tertiary/aromatic N) is 2. The summed E-state index contributed by atoms with van der Waals surface area (Å²) < 4.78 is 55.1. The van der Waals surface area contributed by atoms with Gasteiger partial charge in [-0.25, -0.2) is 13.8 Å². The van der Waals surface area contributed by atoms with Crippen molar-refractivity contribution in [3.05, 3.63) is 72.3 Å². The highest BCUT2D eigenvalue weighted by Crippen LogP contribution is 2.32. The van der Waals surface area contributed by atoms with Crippen molar-refractivity contribution in [2.75, 3.05) is 51.9 Å². The summed E-state index contributed by atoms with van der Waals surface area (Å²) >= 11 is 0. The molecule has 0 unspecified atom stereocenters. The second-order valence-corrected chi connectivity index (χ2v) is 11.7. The Bertz CT molecular complexity index is 1570. The van der Waals surface area contributed by atoms with Crippen molar-refractivity contribution in [2.45, 2.75) is 23.8 Å². The van der Waals surface area contributed by atoms with Gasteiger partial charge >= 0.3 is 0 Å². The quantitative estimate of drug-likeness (QED) is 0.189. The summed E-state index contributed by atoms with van der Waals surface area (Å²) in [6.45, 7) is 0.486. The first kappa shape index (κ1) is 33.1. The number of carbonyl (C=O) groups excluding carboxylic acids is 2. The standard InChI is InChI=1S/C31H36N4O9S/c1-40-24-12-8-23(9-13-24)35(45(38,39)27-14-15-28(41-2)29(17-27)42-3)20-30(36)34-33-18-22-6-10-25(11-7-22)44-21-31(37)32-19-26-5-4-16-43-26/h6-15,17-18,26H,4-5,16,19-21H2,1-3H3,(H,32,37)(H,34,36)/b33-18+/t26-/m0/s1. The Hall–Kier alpha value is -4.82. The van der Waals surface area contributed by atoms with Gasteiger partial charge in [-0.05, 0) is 79.1 Å². The molecule has 240 valence electrons. The molecule has 3 aromatic carbocycles. The van der Waals surface area contributed by atoms with Gasteiger partial charge in [-0.3, -0.25) is 13.9 Å². The van der Waals surface area contributed by atoms with Gasteiger partial charge in [0.2, 0.25) is 0 Å². The number of nitrogens with one attached hydrogen (secondary N) is 2. The summed E-state index contributed by atoms with van der Waals surface area (Å²) in [5.41, 5.74) is 3.24. The van der Waals surface area contributed by atoms with E-state index in [9.17, 15) is 18.0 Å². The fraction of sp³-hybridized carbons (Fsp3) is 0.323. The molecule has 0 radical (unpaired) electrons. The first-order valence-electron chi connectivity index (χ1n) is 14.1. The second kappa shape index (κ2) is 15.8. The Morgan fingerprint density at radius 3 is 2.29 bits per heavy atom. The van der Waals surface area contributed by atoms with Gasteiger partial charge in [0.15, 0.2) is 18.1 Å². The van der Waals surface area contributed by atoms with Gasteiger partial charge < -0.3 is 29.0 Å². The number of hydrogen-bond acceptors (Lipinski definition) is 10. The normalized spacial score (nSPS) is 14.5. The minimum absolute atomic E-state index is 0.0560. The number of anilines is 1. The molecule has 1 saturated heterocycles. The highest BCUT2D eigenvalue weighted by atomic mass is 32.2. The molecule has 1 fully saturated rings. The van der Waals surface area contributed by atoms with Gasteiger partial charge in [0.1, 0.15) is 18.0 Å². The molecule has 45 heavy (non-hydrogen) atoms. The topological polar surface area (TPSA) is 154 Å². The molecule has 4 rings (SSSR count). The Morgan fingerprint density at radius 1 is 0.933 bits per heavy atom. The van der Waals surface area contributed by atoms with Crippen LogP contribution >= 0.6 is 0 Å². The minimum Gasteiger partial charge on any atom is -0.497 e. The van der Waals surface area contributed by atoms with Gasteiger partial charge in [0, 0.05) is 19.2 Å². The number of hydrazone groups is 1. The third-order valence-electron chi connectivity index (χ3n) is 6.79. The van der Waals surface area contributed by atoms with E-state index in [4.69, 9.17) is 23.7 Å². The Morgan fingerprint density at radius 2 is 1.64 bits per heavy atom. The maximum absolute atomic E-state index is 13.7. The van der Waals surface area contributed by atoms with Crippen molar-refractivity contribution in [1.29, 1.82) is 0 Å². The van der Waals surface area contributed by atoms with E-state index >= 15 is 0 Å². The van der Waals surface area contributed by atoms with Gasteiger partial charge in [0.25, 0.3) is 21.8 Å². The van der Waals surface area contributed by atoms with Crippen molar-refractivity contribution >= 4 is 33.7 Å². The maximum Gasteiger partial charge on any atom is 0.264 e. The summed E-state index contributed by atoms with van der Waals surface area (Å²) in [5.74, 6) is 0.659. The lowest BCUT2D eigenvalue weighted by molar-refractivity contribution is -0.123. The van der Waals surface area contributed by atoms with Crippen molar-refractivity contribution in [2.24, 2.45) is 5.10 Å². The van der Waals surface area contributed by atoms with Gasteiger partial charge in [0.05, 0.1) is 44.2 Å². The zero-order chi connectivity index (χ0) is 32.2. The number of sulfonamides is 1. The molecule has 13 nitrogen and oxygen atoms in total. The zero-order valence-electron chi connectivity index (χ0n) is 25.2. The van der Waals surface area contributed by atoms with E-state index in [1.807, 2.05) is 0 Å². The molecular formula is C31H36N4O9S.